The highest BCUT2D eigenvalue weighted by molar-refractivity contribution is 7.85. The number of amides is 1. The third-order valence-electron chi connectivity index (χ3n) is 7.16. The summed E-state index contributed by atoms with van der Waals surface area (Å²) < 4.78 is 45.3. The van der Waals surface area contributed by atoms with Gasteiger partial charge in [-0.15, -0.1) is 0 Å². The predicted molar refractivity (Wildman–Crippen MR) is 165 cm³/mol. The molecule has 0 radical (unpaired) electrons. The van der Waals surface area contributed by atoms with Gasteiger partial charge in [0.1, 0.15) is 18.9 Å². The third kappa shape index (κ3) is 23.3. The number of carbonyl (C=O) groups is 1. The van der Waals surface area contributed by atoms with E-state index in [1.54, 1.807) is 0 Å². The second-order valence-electron chi connectivity index (χ2n) is 11.0. The summed E-state index contributed by atoms with van der Waals surface area (Å²) in [7, 11) is -4.27. The summed E-state index contributed by atoms with van der Waals surface area (Å²) >= 11 is 0. The Labute approximate surface area is 250 Å². The molecule has 0 saturated carbocycles. The van der Waals surface area contributed by atoms with Crippen molar-refractivity contribution in [2.75, 3.05) is 25.5 Å². The van der Waals surface area contributed by atoms with Gasteiger partial charge in [0, 0.05) is 31.7 Å². The average molecular weight is 598 g/mol. The minimum Gasteiger partial charge on any atom is -0.445 e. The highest BCUT2D eigenvalue weighted by Crippen LogP contribution is 2.13. The molecule has 1 amide bonds. The van der Waals surface area contributed by atoms with Crippen LogP contribution in [-0.4, -0.2) is 50.7 Å². The quantitative estimate of drug-likeness (QED) is 0.0482. The summed E-state index contributed by atoms with van der Waals surface area (Å²) in [5, 5.41) is 2.74. The van der Waals surface area contributed by atoms with E-state index in [0.29, 0.717) is 18.7 Å². The van der Waals surface area contributed by atoms with Crippen LogP contribution in [0.3, 0.4) is 0 Å². The van der Waals surface area contributed by atoms with Gasteiger partial charge in [-0.1, -0.05) is 103 Å². The minimum atomic E-state index is -4.27. The van der Waals surface area contributed by atoms with E-state index in [1.165, 1.54) is 70.6 Å². The molecular formula is C32H57N2O6S+. The van der Waals surface area contributed by atoms with Gasteiger partial charge >= 0.3 is 6.09 Å². The first-order valence-corrected chi connectivity index (χ1v) is 17.5. The van der Waals surface area contributed by atoms with Crippen LogP contribution in [0.2, 0.25) is 0 Å². The lowest BCUT2D eigenvalue weighted by molar-refractivity contribution is -0.697. The van der Waals surface area contributed by atoms with E-state index in [-0.39, 0.29) is 6.61 Å². The van der Waals surface area contributed by atoms with E-state index in [9.17, 15) is 17.8 Å². The predicted octanol–water partition coefficient (Wildman–Crippen LogP) is 7.18. The standard InChI is InChI=1S/C32H56N2O6S/c1-3-4-5-6-7-8-9-10-11-12-13-14-18-23-33-32(35)40-28-30(2)31(29-41(36,37)38)39-27-22-16-15-19-24-34-25-20-17-21-26-34/h17,20-21,25-26,31H,2-16,18-19,22-24,27-29H2,1H3,(H-,33,35,36,37,38)/p+1. The van der Waals surface area contributed by atoms with Gasteiger partial charge in [0.15, 0.2) is 12.4 Å². The van der Waals surface area contributed by atoms with Crippen molar-refractivity contribution in [3.8, 4) is 0 Å². The number of rotatable bonds is 27. The van der Waals surface area contributed by atoms with E-state index < -0.39 is 28.1 Å². The van der Waals surface area contributed by atoms with Crippen LogP contribution in [0, 0.1) is 0 Å². The summed E-state index contributed by atoms with van der Waals surface area (Å²) in [4.78, 5) is 12.1. The van der Waals surface area contributed by atoms with E-state index in [4.69, 9.17) is 9.47 Å². The van der Waals surface area contributed by atoms with Gasteiger partial charge in [0.25, 0.3) is 10.1 Å². The van der Waals surface area contributed by atoms with E-state index >= 15 is 0 Å². The molecule has 1 rings (SSSR count). The van der Waals surface area contributed by atoms with Crippen molar-refractivity contribution in [2.45, 2.75) is 129 Å². The summed E-state index contributed by atoms with van der Waals surface area (Å²) in [6.45, 7) is 7.74. The molecular weight excluding hydrogens is 540 g/mol. The first-order valence-electron chi connectivity index (χ1n) is 15.9. The van der Waals surface area contributed by atoms with Gasteiger partial charge in [-0.3, -0.25) is 4.55 Å². The zero-order valence-electron chi connectivity index (χ0n) is 25.6. The Kier molecular flexibility index (Phi) is 22.2. The van der Waals surface area contributed by atoms with Gasteiger partial charge in [0.05, 0.1) is 6.10 Å². The third-order valence-corrected chi connectivity index (χ3v) is 7.89. The first-order chi connectivity index (χ1) is 19.8. The van der Waals surface area contributed by atoms with Gasteiger partial charge in [-0.25, -0.2) is 9.36 Å². The van der Waals surface area contributed by atoms with E-state index in [0.717, 1.165) is 45.1 Å². The molecule has 1 aromatic heterocycles. The smallest absolute Gasteiger partial charge is 0.407 e. The molecule has 236 valence electrons. The van der Waals surface area contributed by atoms with E-state index in [2.05, 4.69) is 23.4 Å². The lowest BCUT2D eigenvalue weighted by atomic mass is 10.0. The number of alkyl carbamates (subject to hydrolysis) is 1. The maximum Gasteiger partial charge on any atom is 0.407 e. The minimum absolute atomic E-state index is 0.168. The largest absolute Gasteiger partial charge is 0.445 e. The fraction of sp³-hybridized carbons (Fsp3) is 0.750. The molecule has 0 bridgehead atoms. The Bertz CT molecular complexity index is 895. The number of aromatic nitrogens is 1. The van der Waals surface area contributed by atoms with Gasteiger partial charge in [0.2, 0.25) is 0 Å². The lowest BCUT2D eigenvalue weighted by Crippen LogP contribution is -2.32. The number of nitrogens with zero attached hydrogens (tertiary/aromatic N) is 1. The summed E-state index contributed by atoms with van der Waals surface area (Å²) in [6, 6.07) is 6.00. The van der Waals surface area contributed by atoms with E-state index in [1.807, 2.05) is 30.6 Å². The number of hydrogen-bond acceptors (Lipinski definition) is 5. The second kappa shape index (κ2) is 24.6. The molecule has 9 heteroatoms. The normalized spacial score (nSPS) is 12.2. The molecule has 0 aromatic carbocycles. The Morgan fingerprint density at radius 2 is 1.37 bits per heavy atom. The van der Waals surface area contributed by atoms with Crippen molar-refractivity contribution in [3.05, 3.63) is 42.7 Å². The zero-order chi connectivity index (χ0) is 30.0. The number of pyridine rings is 1. The number of unbranched alkanes of at least 4 members (excludes halogenated alkanes) is 15. The van der Waals surface area contributed by atoms with Crippen LogP contribution >= 0.6 is 0 Å². The molecule has 1 unspecified atom stereocenters. The SMILES string of the molecule is C=C(COC(=O)NCCCCCCCCCCCCCCC)C(CS(=O)(=O)O)OCCCCCC[n+]1ccccc1. The zero-order valence-corrected chi connectivity index (χ0v) is 26.4. The fourth-order valence-corrected chi connectivity index (χ4v) is 5.38. The topological polar surface area (TPSA) is 106 Å². The van der Waals surface area contributed by atoms with Crippen LogP contribution < -0.4 is 9.88 Å². The van der Waals surface area contributed by atoms with Crippen LogP contribution in [0.25, 0.3) is 0 Å². The molecule has 41 heavy (non-hydrogen) atoms. The highest BCUT2D eigenvalue weighted by atomic mass is 32.2. The molecule has 1 aromatic rings. The molecule has 0 spiro atoms. The summed E-state index contributed by atoms with van der Waals surface area (Å²) in [5.41, 5.74) is 0.305. The van der Waals surface area contributed by atoms with Crippen molar-refractivity contribution < 1.29 is 31.8 Å². The fourth-order valence-electron chi connectivity index (χ4n) is 4.67. The maximum absolute atomic E-state index is 12.1. The lowest BCUT2D eigenvalue weighted by Gasteiger charge is -2.19. The molecule has 1 atom stereocenters. The van der Waals surface area contributed by atoms with Crippen molar-refractivity contribution in [2.24, 2.45) is 0 Å². The van der Waals surface area contributed by atoms with Crippen LogP contribution in [0.15, 0.2) is 42.7 Å². The summed E-state index contributed by atoms with van der Waals surface area (Å²) in [6.07, 6.45) is 22.8. The van der Waals surface area contributed by atoms with Crippen LogP contribution in [0.1, 0.15) is 116 Å². The van der Waals surface area contributed by atoms with Crippen molar-refractivity contribution in [1.82, 2.24) is 5.32 Å². The summed E-state index contributed by atoms with van der Waals surface area (Å²) in [5.74, 6) is -0.611. The van der Waals surface area contributed by atoms with Crippen molar-refractivity contribution in [1.29, 1.82) is 0 Å². The Morgan fingerprint density at radius 1 is 0.829 bits per heavy atom. The monoisotopic (exact) mass is 597 g/mol. The van der Waals surface area contributed by atoms with Crippen molar-refractivity contribution in [3.63, 3.8) is 0 Å². The van der Waals surface area contributed by atoms with Crippen LogP contribution in [0.5, 0.6) is 0 Å². The second-order valence-corrected chi connectivity index (χ2v) is 12.5. The van der Waals surface area contributed by atoms with Gasteiger partial charge < -0.3 is 14.8 Å². The number of nitrogens with one attached hydrogen (secondary N) is 1. The van der Waals surface area contributed by atoms with Crippen molar-refractivity contribution >= 4 is 16.2 Å². The Balaban J connectivity index is 2.09. The molecule has 8 nitrogen and oxygen atoms in total. The number of carbonyl (C=O) groups excluding carboxylic acids is 1. The number of hydrogen-bond donors (Lipinski definition) is 2. The molecule has 0 aliphatic rings. The molecule has 0 fully saturated rings. The van der Waals surface area contributed by atoms with Crippen LogP contribution in [0.4, 0.5) is 4.79 Å². The highest BCUT2D eigenvalue weighted by Gasteiger charge is 2.21. The molecule has 0 aliphatic carbocycles. The van der Waals surface area contributed by atoms with Gasteiger partial charge in [-0.2, -0.15) is 8.42 Å². The molecule has 1 heterocycles. The Morgan fingerprint density at radius 3 is 1.95 bits per heavy atom. The van der Waals surface area contributed by atoms with Crippen LogP contribution in [-0.2, 0) is 26.1 Å². The molecule has 0 saturated heterocycles. The number of aryl methyl sites for hydroxylation is 1. The molecule has 0 aliphatic heterocycles. The van der Waals surface area contributed by atoms with Gasteiger partial charge in [-0.05, 0) is 24.8 Å². The molecule has 2 N–H and O–H groups in total. The average Bonchev–Trinajstić information content (AvgIpc) is 2.94. The number of ether oxygens (including phenoxy) is 2. The maximum atomic E-state index is 12.1. The first kappa shape index (κ1) is 37.1. The Hall–Kier alpha value is -1.97.